The molecule has 162 valence electrons. The van der Waals surface area contributed by atoms with Crippen molar-refractivity contribution in [2.75, 3.05) is 18.0 Å². The van der Waals surface area contributed by atoms with Crippen molar-refractivity contribution in [2.45, 2.75) is 24.8 Å². The maximum Gasteiger partial charge on any atom is 0.264 e. The Bertz CT molecular complexity index is 1130. The van der Waals surface area contributed by atoms with Gasteiger partial charge in [0.2, 0.25) is 0 Å². The van der Waals surface area contributed by atoms with Gasteiger partial charge in [0.1, 0.15) is 12.4 Å². The standard InChI is InChI=1S/C24H26N2O4S/c1-18-13-15-20(16-14-18)30-17-19(2)25-24(27)22-11-7-8-12-23(22)26(3)31(28,29)21-9-5-4-6-10-21/h4-16,19H,17H2,1-3H3,(H,25,27)/t19-/m1/s1. The third-order valence-electron chi connectivity index (χ3n) is 4.79. The summed E-state index contributed by atoms with van der Waals surface area (Å²) in [6.45, 7) is 4.12. The molecule has 0 aromatic heterocycles. The highest BCUT2D eigenvalue weighted by Gasteiger charge is 2.25. The first-order valence-corrected chi connectivity index (χ1v) is 11.4. The molecule has 0 bridgehead atoms. The highest BCUT2D eigenvalue weighted by molar-refractivity contribution is 7.92. The van der Waals surface area contributed by atoms with E-state index in [0.717, 1.165) is 15.6 Å². The average Bonchev–Trinajstić information content (AvgIpc) is 2.78. The lowest BCUT2D eigenvalue weighted by atomic mass is 10.1. The van der Waals surface area contributed by atoms with Gasteiger partial charge in [0.15, 0.2) is 0 Å². The number of ether oxygens (including phenoxy) is 1. The Morgan fingerprint density at radius 2 is 1.58 bits per heavy atom. The number of rotatable bonds is 8. The van der Waals surface area contributed by atoms with Gasteiger partial charge in [-0.05, 0) is 50.2 Å². The highest BCUT2D eigenvalue weighted by Crippen LogP contribution is 2.25. The van der Waals surface area contributed by atoms with E-state index in [1.54, 1.807) is 42.5 Å². The lowest BCUT2D eigenvalue weighted by molar-refractivity contribution is 0.0927. The molecular formula is C24H26N2O4S. The van der Waals surface area contributed by atoms with Crippen molar-refractivity contribution in [2.24, 2.45) is 0 Å². The summed E-state index contributed by atoms with van der Waals surface area (Å²) in [6, 6.07) is 22.1. The van der Waals surface area contributed by atoms with Crippen LogP contribution < -0.4 is 14.4 Å². The van der Waals surface area contributed by atoms with E-state index < -0.39 is 10.0 Å². The molecule has 0 fully saturated rings. The summed E-state index contributed by atoms with van der Waals surface area (Å²) in [6.07, 6.45) is 0. The smallest absolute Gasteiger partial charge is 0.264 e. The molecule has 31 heavy (non-hydrogen) atoms. The van der Waals surface area contributed by atoms with Gasteiger partial charge in [0, 0.05) is 7.05 Å². The molecule has 3 aromatic carbocycles. The molecule has 0 radical (unpaired) electrons. The molecule has 6 nitrogen and oxygen atoms in total. The van der Waals surface area contributed by atoms with Gasteiger partial charge in [-0.1, -0.05) is 48.0 Å². The molecule has 0 spiro atoms. The van der Waals surface area contributed by atoms with Crippen LogP contribution in [0.4, 0.5) is 5.69 Å². The van der Waals surface area contributed by atoms with Gasteiger partial charge in [0.25, 0.3) is 15.9 Å². The molecule has 3 aromatic rings. The van der Waals surface area contributed by atoms with Crippen LogP contribution in [-0.2, 0) is 10.0 Å². The van der Waals surface area contributed by atoms with Crippen molar-refractivity contribution in [1.82, 2.24) is 5.32 Å². The third kappa shape index (κ3) is 5.44. The molecule has 3 rings (SSSR count). The summed E-state index contributed by atoms with van der Waals surface area (Å²) in [7, 11) is -2.35. The minimum atomic E-state index is -3.80. The first kappa shape index (κ1) is 22.4. The maximum absolute atomic E-state index is 13.0. The molecule has 0 heterocycles. The number of carbonyl (C=O) groups excluding carboxylic acids is 1. The van der Waals surface area contributed by atoms with Crippen LogP contribution in [-0.4, -0.2) is 34.0 Å². The average molecular weight is 439 g/mol. The Morgan fingerprint density at radius 3 is 2.26 bits per heavy atom. The van der Waals surface area contributed by atoms with Crippen LogP contribution in [0.1, 0.15) is 22.8 Å². The SMILES string of the molecule is Cc1ccc(OC[C@@H](C)NC(=O)c2ccccc2N(C)S(=O)(=O)c2ccccc2)cc1. The monoisotopic (exact) mass is 438 g/mol. The van der Waals surface area contributed by atoms with Gasteiger partial charge in [-0.3, -0.25) is 9.10 Å². The van der Waals surface area contributed by atoms with Crippen LogP contribution in [0.5, 0.6) is 5.75 Å². The van der Waals surface area contributed by atoms with Crippen molar-refractivity contribution in [3.05, 3.63) is 90.0 Å². The van der Waals surface area contributed by atoms with Gasteiger partial charge in [-0.25, -0.2) is 8.42 Å². The second-order valence-electron chi connectivity index (χ2n) is 7.30. The molecule has 0 aliphatic heterocycles. The molecule has 0 unspecified atom stereocenters. The van der Waals surface area contributed by atoms with E-state index in [9.17, 15) is 13.2 Å². The summed E-state index contributed by atoms with van der Waals surface area (Å²) in [5.74, 6) is 0.353. The quantitative estimate of drug-likeness (QED) is 0.576. The van der Waals surface area contributed by atoms with Gasteiger partial charge >= 0.3 is 0 Å². The predicted molar refractivity (Wildman–Crippen MR) is 122 cm³/mol. The van der Waals surface area contributed by atoms with Gasteiger partial charge in [-0.2, -0.15) is 0 Å². The zero-order valence-electron chi connectivity index (χ0n) is 17.8. The van der Waals surface area contributed by atoms with E-state index in [1.165, 1.54) is 19.2 Å². The van der Waals surface area contributed by atoms with Crippen LogP contribution in [0.2, 0.25) is 0 Å². The maximum atomic E-state index is 13.0. The molecule has 0 saturated heterocycles. The summed E-state index contributed by atoms with van der Waals surface area (Å²) in [4.78, 5) is 13.1. The number of hydrogen-bond donors (Lipinski definition) is 1. The first-order chi connectivity index (χ1) is 14.8. The van der Waals surface area contributed by atoms with Crippen molar-refractivity contribution < 1.29 is 17.9 Å². The van der Waals surface area contributed by atoms with E-state index in [-0.39, 0.29) is 29.0 Å². The predicted octanol–water partition coefficient (Wildman–Crippen LogP) is 4.02. The Hall–Kier alpha value is -3.32. The largest absolute Gasteiger partial charge is 0.491 e. The Labute approximate surface area is 183 Å². The van der Waals surface area contributed by atoms with Crippen molar-refractivity contribution in [1.29, 1.82) is 0 Å². The van der Waals surface area contributed by atoms with Crippen molar-refractivity contribution in [3.8, 4) is 5.75 Å². The fourth-order valence-electron chi connectivity index (χ4n) is 3.02. The number of amides is 1. The fourth-order valence-corrected chi connectivity index (χ4v) is 4.25. The van der Waals surface area contributed by atoms with Crippen LogP contribution in [0.3, 0.4) is 0 Å². The van der Waals surface area contributed by atoms with E-state index >= 15 is 0 Å². The normalized spacial score (nSPS) is 12.1. The lowest BCUT2D eigenvalue weighted by Crippen LogP contribution is -2.38. The number of anilines is 1. The Morgan fingerprint density at radius 1 is 0.968 bits per heavy atom. The van der Waals surface area contributed by atoms with Crippen LogP contribution in [0.25, 0.3) is 0 Å². The summed E-state index contributed by atoms with van der Waals surface area (Å²) in [5, 5.41) is 2.88. The number of aryl methyl sites for hydroxylation is 1. The Kier molecular flexibility index (Phi) is 6.97. The number of benzene rings is 3. The number of hydrogen-bond acceptors (Lipinski definition) is 4. The number of nitrogens with one attached hydrogen (secondary N) is 1. The van der Waals surface area contributed by atoms with Crippen LogP contribution >= 0.6 is 0 Å². The summed E-state index contributed by atoms with van der Waals surface area (Å²) in [5.41, 5.74) is 1.71. The summed E-state index contributed by atoms with van der Waals surface area (Å²) >= 11 is 0. The highest BCUT2D eigenvalue weighted by atomic mass is 32.2. The molecular weight excluding hydrogens is 412 g/mol. The minimum Gasteiger partial charge on any atom is -0.491 e. The van der Waals surface area contributed by atoms with Crippen molar-refractivity contribution >= 4 is 21.6 Å². The molecule has 1 amide bonds. The number of nitrogens with zero attached hydrogens (tertiary/aromatic N) is 1. The van der Waals surface area contributed by atoms with Crippen molar-refractivity contribution in [3.63, 3.8) is 0 Å². The Balaban J connectivity index is 1.73. The zero-order chi connectivity index (χ0) is 22.4. The van der Waals surface area contributed by atoms with E-state index in [1.807, 2.05) is 38.1 Å². The molecule has 0 saturated carbocycles. The first-order valence-electron chi connectivity index (χ1n) is 9.92. The van der Waals surface area contributed by atoms with Gasteiger partial charge in [0.05, 0.1) is 22.2 Å². The fraction of sp³-hybridized carbons (Fsp3) is 0.208. The summed E-state index contributed by atoms with van der Waals surface area (Å²) < 4.78 is 32.8. The molecule has 1 atom stereocenters. The van der Waals surface area contributed by atoms with E-state index in [0.29, 0.717) is 5.69 Å². The van der Waals surface area contributed by atoms with Crippen LogP contribution in [0, 0.1) is 6.92 Å². The molecule has 0 aliphatic carbocycles. The van der Waals surface area contributed by atoms with E-state index in [4.69, 9.17) is 4.74 Å². The lowest BCUT2D eigenvalue weighted by Gasteiger charge is -2.23. The van der Waals surface area contributed by atoms with Gasteiger partial charge < -0.3 is 10.1 Å². The third-order valence-corrected chi connectivity index (χ3v) is 6.57. The zero-order valence-corrected chi connectivity index (χ0v) is 18.6. The minimum absolute atomic E-state index is 0.160. The topological polar surface area (TPSA) is 75.7 Å². The molecule has 7 heteroatoms. The molecule has 0 aliphatic rings. The second kappa shape index (κ2) is 9.66. The van der Waals surface area contributed by atoms with E-state index in [2.05, 4.69) is 5.32 Å². The number of carbonyl (C=O) groups is 1. The number of para-hydroxylation sites is 1. The van der Waals surface area contributed by atoms with Crippen LogP contribution in [0.15, 0.2) is 83.8 Å². The van der Waals surface area contributed by atoms with Gasteiger partial charge in [-0.15, -0.1) is 0 Å². The molecule has 1 N–H and O–H groups in total. The second-order valence-corrected chi connectivity index (χ2v) is 9.27. The number of sulfonamides is 1.